The van der Waals surface area contributed by atoms with Gasteiger partial charge in [-0.05, 0) is 6.07 Å². The fourth-order valence-electron chi connectivity index (χ4n) is 1.13. The van der Waals surface area contributed by atoms with Gasteiger partial charge in [0.15, 0.2) is 11.5 Å². The van der Waals surface area contributed by atoms with Gasteiger partial charge in [-0.25, -0.2) is 0 Å². The predicted molar refractivity (Wildman–Crippen MR) is 51.0 cm³/mol. The van der Waals surface area contributed by atoms with Gasteiger partial charge in [-0.3, -0.25) is 4.79 Å². The summed E-state index contributed by atoms with van der Waals surface area (Å²) in [7, 11) is 1.20. The number of phenols is 1. The third-order valence-electron chi connectivity index (χ3n) is 1.78. The largest absolute Gasteiger partial charge is 0.505 e. The number of halogens is 2. The topological polar surface area (TPSA) is 66.8 Å². The first-order valence-electron chi connectivity index (χ1n) is 3.93. The van der Waals surface area contributed by atoms with Crippen LogP contribution in [0.15, 0.2) is 6.07 Å². The molecule has 0 atom stereocenters. The fourth-order valence-corrected chi connectivity index (χ4v) is 1.42. The molecule has 0 amide bonds. The SMILES string of the molecule is COc1c(Cl)cc(CC(=O)O)c(O)c1F. The van der Waals surface area contributed by atoms with Crippen LogP contribution >= 0.6 is 11.6 Å². The minimum atomic E-state index is -1.19. The van der Waals surface area contributed by atoms with Gasteiger partial charge in [-0.1, -0.05) is 11.6 Å². The Hall–Kier alpha value is -1.49. The second-order valence-electron chi connectivity index (χ2n) is 2.78. The molecule has 0 aliphatic rings. The molecule has 0 aliphatic heterocycles. The van der Waals surface area contributed by atoms with Gasteiger partial charge >= 0.3 is 5.97 Å². The molecule has 0 heterocycles. The van der Waals surface area contributed by atoms with Crippen LogP contribution in [0.1, 0.15) is 5.56 Å². The van der Waals surface area contributed by atoms with E-state index in [2.05, 4.69) is 4.74 Å². The Kier molecular flexibility index (Phi) is 3.36. The van der Waals surface area contributed by atoms with Crippen molar-refractivity contribution in [3.63, 3.8) is 0 Å². The average Bonchev–Trinajstić information content (AvgIpc) is 2.14. The molecule has 15 heavy (non-hydrogen) atoms. The van der Waals surface area contributed by atoms with Gasteiger partial charge in [0.1, 0.15) is 0 Å². The number of aromatic hydroxyl groups is 1. The van der Waals surface area contributed by atoms with Crippen molar-refractivity contribution in [2.75, 3.05) is 7.11 Å². The molecule has 1 aromatic rings. The maximum absolute atomic E-state index is 13.3. The van der Waals surface area contributed by atoms with Crippen LogP contribution in [-0.4, -0.2) is 23.3 Å². The lowest BCUT2D eigenvalue weighted by molar-refractivity contribution is -0.136. The molecule has 0 unspecified atom stereocenters. The Morgan fingerprint density at radius 3 is 2.73 bits per heavy atom. The summed E-state index contributed by atoms with van der Waals surface area (Å²) in [6.07, 6.45) is -0.507. The Morgan fingerprint density at radius 1 is 1.67 bits per heavy atom. The molecule has 0 bridgehead atoms. The van der Waals surface area contributed by atoms with Crippen LogP contribution in [0.2, 0.25) is 5.02 Å². The molecule has 0 fully saturated rings. The average molecular weight is 235 g/mol. The molecule has 0 aromatic heterocycles. The van der Waals surface area contributed by atoms with Crippen molar-refractivity contribution in [1.29, 1.82) is 0 Å². The van der Waals surface area contributed by atoms with Gasteiger partial charge < -0.3 is 14.9 Å². The first kappa shape index (κ1) is 11.6. The smallest absolute Gasteiger partial charge is 0.307 e. The van der Waals surface area contributed by atoms with Crippen molar-refractivity contribution in [2.24, 2.45) is 0 Å². The second kappa shape index (κ2) is 4.35. The van der Waals surface area contributed by atoms with Crippen LogP contribution in [0.25, 0.3) is 0 Å². The molecule has 0 saturated heterocycles. The Balaban J connectivity index is 3.27. The molecule has 82 valence electrons. The summed E-state index contributed by atoms with van der Waals surface area (Å²) in [6.45, 7) is 0. The third-order valence-corrected chi connectivity index (χ3v) is 2.06. The summed E-state index contributed by atoms with van der Waals surface area (Å²) in [5.41, 5.74) is -0.0919. The third kappa shape index (κ3) is 2.30. The van der Waals surface area contributed by atoms with E-state index in [1.807, 2.05) is 0 Å². The Labute approximate surface area is 89.9 Å². The lowest BCUT2D eigenvalue weighted by Crippen LogP contribution is -2.02. The second-order valence-corrected chi connectivity index (χ2v) is 3.19. The van der Waals surface area contributed by atoms with Gasteiger partial charge in [0.25, 0.3) is 0 Å². The van der Waals surface area contributed by atoms with Crippen molar-refractivity contribution in [2.45, 2.75) is 6.42 Å². The highest BCUT2D eigenvalue weighted by Gasteiger charge is 2.18. The highest BCUT2D eigenvalue weighted by molar-refractivity contribution is 6.32. The summed E-state index contributed by atoms with van der Waals surface area (Å²) in [6, 6.07) is 1.16. The normalized spacial score (nSPS) is 10.1. The molecule has 0 aliphatic carbocycles. The van der Waals surface area contributed by atoms with Crippen LogP contribution in [0.5, 0.6) is 11.5 Å². The zero-order chi connectivity index (χ0) is 11.6. The molecule has 0 spiro atoms. The number of carboxylic acid groups (broad SMARTS) is 1. The van der Waals surface area contributed by atoms with E-state index in [-0.39, 0.29) is 16.3 Å². The first-order chi connectivity index (χ1) is 6.97. The van der Waals surface area contributed by atoms with Gasteiger partial charge in [-0.15, -0.1) is 0 Å². The van der Waals surface area contributed by atoms with E-state index in [1.54, 1.807) is 0 Å². The molecule has 4 nitrogen and oxygen atoms in total. The maximum Gasteiger partial charge on any atom is 0.307 e. The van der Waals surface area contributed by atoms with E-state index < -0.39 is 24.0 Å². The van der Waals surface area contributed by atoms with E-state index in [0.717, 1.165) is 6.07 Å². The molecule has 0 saturated carbocycles. The fraction of sp³-hybridized carbons (Fsp3) is 0.222. The number of methoxy groups -OCH3 is 1. The van der Waals surface area contributed by atoms with E-state index in [9.17, 15) is 14.3 Å². The highest BCUT2D eigenvalue weighted by atomic mass is 35.5. The van der Waals surface area contributed by atoms with Crippen molar-refractivity contribution >= 4 is 17.6 Å². The van der Waals surface area contributed by atoms with Crippen LogP contribution in [-0.2, 0) is 11.2 Å². The predicted octanol–water partition coefficient (Wildman–Crippen LogP) is 1.82. The first-order valence-corrected chi connectivity index (χ1v) is 4.30. The number of carboxylic acids is 1. The van der Waals surface area contributed by atoms with E-state index in [1.165, 1.54) is 7.11 Å². The summed E-state index contributed by atoms with van der Waals surface area (Å²) in [5.74, 6) is -3.30. The van der Waals surface area contributed by atoms with E-state index in [0.29, 0.717) is 0 Å². The summed E-state index contributed by atoms with van der Waals surface area (Å²) in [5, 5.41) is 17.7. The number of aliphatic carboxylic acids is 1. The molecule has 2 N–H and O–H groups in total. The number of carbonyl (C=O) groups is 1. The molecule has 0 radical (unpaired) electrons. The zero-order valence-electron chi connectivity index (χ0n) is 7.75. The van der Waals surface area contributed by atoms with Crippen LogP contribution in [0.4, 0.5) is 4.39 Å². The van der Waals surface area contributed by atoms with Crippen molar-refractivity contribution in [1.82, 2.24) is 0 Å². The summed E-state index contributed by atoms with van der Waals surface area (Å²) >= 11 is 5.62. The molecule has 6 heteroatoms. The lowest BCUT2D eigenvalue weighted by Gasteiger charge is -2.09. The minimum absolute atomic E-state index is 0.0796. The van der Waals surface area contributed by atoms with Gasteiger partial charge in [0, 0.05) is 5.56 Å². The van der Waals surface area contributed by atoms with E-state index >= 15 is 0 Å². The van der Waals surface area contributed by atoms with E-state index in [4.69, 9.17) is 16.7 Å². The molecule has 1 rings (SSSR count). The van der Waals surface area contributed by atoms with Crippen molar-refractivity contribution < 1.29 is 24.1 Å². The number of ether oxygens (including phenoxy) is 1. The summed E-state index contributed by atoms with van der Waals surface area (Å²) in [4.78, 5) is 10.4. The van der Waals surface area contributed by atoms with Crippen LogP contribution in [0, 0.1) is 5.82 Å². The van der Waals surface area contributed by atoms with Gasteiger partial charge in [-0.2, -0.15) is 4.39 Å². The minimum Gasteiger partial charge on any atom is -0.505 e. The number of phenolic OH excluding ortho intramolecular Hbond substituents is 1. The maximum atomic E-state index is 13.3. The lowest BCUT2D eigenvalue weighted by atomic mass is 10.1. The highest BCUT2D eigenvalue weighted by Crippen LogP contribution is 2.36. The quantitative estimate of drug-likeness (QED) is 0.837. The molecule has 1 aromatic carbocycles. The number of hydrogen-bond donors (Lipinski definition) is 2. The van der Waals surface area contributed by atoms with Gasteiger partial charge in [0.05, 0.1) is 18.6 Å². The number of hydrogen-bond acceptors (Lipinski definition) is 3. The standard InChI is InChI=1S/C9H8ClFO4/c1-15-9-5(10)2-4(3-6(12)13)8(14)7(9)11/h2,14H,3H2,1H3,(H,12,13). The summed E-state index contributed by atoms with van der Waals surface area (Å²) < 4.78 is 17.9. The number of rotatable bonds is 3. The van der Waals surface area contributed by atoms with Crippen molar-refractivity contribution in [3.8, 4) is 11.5 Å². The zero-order valence-corrected chi connectivity index (χ0v) is 8.51. The molecular formula is C9H8ClFO4. The van der Waals surface area contributed by atoms with Crippen LogP contribution < -0.4 is 4.74 Å². The van der Waals surface area contributed by atoms with Gasteiger partial charge in [0.2, 0.25) is 5.82 Å². The van der Waals surface area contributed by atoms with Crippen LogP contribution in [0.3, 0.4) is 0 Å². The van der Waals surface area contributed by atoms with Crippen molar-refractivity contribution in [3.05, 3.63) is 22.5 Å². The monoisotopic (exact) mass is 234 g/mol. The Morgan fingerprint density at radius 2 is 2.27 bits per heavy atom. The number of benzene rings is 1. The molecular weight excluding hydrogens is 227 g/mol. The Bertz CT molecular complexity index is 406.